The molecule has 0 fully saturated rings. The summed E-state index contributed by atoms with van der Waals surface area (Å²) < 4.78 is 21.2. The molecule has 0 radical (unpaired) electrons. The van der Waals surface area contributed by atoms with Crippen molar-refractivity contribution in [3.63, 3.8) is 0 Å². The van der Waals surface area contributed by atoms with Gasteiger partial charge in [0, 0.05) is 12.7 Å². The maximum absolute atomic E-state index is 13.9. The Hall–Kier alpha value is -3.75. The Morgan fingerprint density at radius 3 is 2.85 bits per heavy atom. The molecule has 0 bridgehead atoms. The Balaban J connectivity index is 1.41. The normalized spacial score (nSPS) is 17.9. The highest BCUT2D eigenvalue weighted by molar-refractivity contribution is 5.99. The first-order valence-electron chi connectivity index (χ1n) is 11.4. The van der Waals surface area contributed by atoms with Gasteiger partial charge in [0.15, 0.2) is 5.84 Å². The fourth-order valence-electron chi connectivity index (χ4n) is 4.54. The van der Waals surface area contributed by atoms with Crippen LogP contribution >= 0.6 is 0 Å². The average molecular weight is 463 g/mol. The van der Waals surface area contributed by atoms with E-state index in [1.54, 1.807) is 36.3 Å². The monoisotopic (exact) mass is 462 g/mol. The van der Waals surface area contributed by atoms with Crippen molar-refractivity contribution in [3.05, 3.63) is 71.3 Å². The van der Waals surface area contributed by atoms with E-state index in [9.17, 15) is 4.39 Å². The summed E-state index contributed by atoms with van der Waals surface area (Å²) in [5.74, 6) is 1.57. The lowest BCUT2D eigenvalue weighted by atomic mass is 10.0. The predicted octanol–water partition coefficient (Wildman–Crippen LogP) is 3.86. The molecule has 176 valence electrons. The highest BCUT2D eigenvalue weighted by Gasteiger charge is 2.29. The summed E-state index contributed by atoms with van der Waals surface area (Å²) in [5, 5.41) is 4.32. The molecule has 0 N–H and O–H groups in total. The first-order chi connectivity index (χ1) is 16.5. The van der Waals surface area contributed by atoms with Gasteiger partial charge in [0.25, 0.3) is 5.88 Å². The van der Waals surface area contributed by atoms with Gasteiger partial charge in [-0.25, -0.2) is 19.3 Å². The summed E-state index contributed by atoms with van der Waals surface area (Å²) in [5.41, 5.74) is 4.52. The lowest BCUT2D eigenvalue weighted by Gasteiger charge is -2.34. The number of fused-ring (bicyclic) bond motifs is 1. The molecule has 0 saturated carbocycles. The number of aryl methyl sites for hydroxylation is 2. The van der Waals surface area contributed by atoms with Gasteiger partial charge in [-0.3, -0.25) is 4.57 Å². The second-order valence-electron chi connectivity index (χ2n) is 8.72. The molecule has 0 amide bonds. The van der Waals surface area contributed by atoms with Gasteiger partial charge >= 0.3 is 0 Å². The van der Waals surface area contributed by atoms with E-state index in [1.807, 2.05) is 32.2 Å². The van der Waals surface area contributed by atoms with Crippen LogP contribution in [-0.4, -0.2) is 56.6 Å². The number of imidazole rings is 1. The lowest BCUT2D eigenvalue weighted by molar-refractivity contribution is 0.0620. The summed E-state index contributed by atoms with van der Waals surface area (Å²) in [6.45, 7) is 5.13. The Morgan fingerprint density at radius 2 is 2.09 bits per heavy atom. The molecule has 1 atom stereocenters. The van der Waals surface area contributed by atoms with E-state index in [0.29, 0.717) is 24.7 Å². The number of amidine groups is 1. The summed E-state index contributed by atoms with van der Waals surface area (Å²) in [7, 11) is 1.59. The van der Waals surface area contributed by atoms with Crippen LogP contribution in [0.25, 0.3) is 11.4 Å². The second-order valence-corrected chi connectivity index (χ2v) is 8.72. The Kier molecular flexibility index (Phi) is 6.00. The first kappa shape index (κ1) is 22.1. The molecule has 0 saturated heterocycles. The van der Waals surface area contributed by atoms with Gasteiger partial charge in [0.1, 0.15) is 18.8 Å². The minimum Gasteiger partial charge on any atom is -0.478 e. The number of benzene rings is 1. The highest BCUT2D eigenvalue weighted by atomic mass is 19.1. The van der Waals surface area contributed by atoms with Crippen molar-refractivity contribution in [2.75, 3.05) is 20.3 Å². The predicted molar refractivity (Wildman–Crippen MR) is 126 cm³/mol. The van der Waals surface area contributed by atoms with E-state index in [1.165, 1.54) is 0 Å². The van der Waals surface area contributed by atoms with Crippen LogP contribution in [0.15, 0.2) is 48.2 Å². The van der Waals surface area contributed by atoms with Crippen LogP contribution in [0.4, 0.5) is 4.39 Å². The lowest BCUT2D eigenvalue weighted by Crippen LogP contribution is -2.46. The smallest absolute Gasteiger partial charge is 0.258 e. The van der Waals surface area contributed by atoms with Crippen molar-refractivity contribution in [3.8, 4) is 11.7 Å². The van der Waals surface area contributed by atoms with Crippen molar-refractivity contribution < 1.29 is 14.0 Å². The van der Waals surface area contributed by atoms with Crippen molar-refractivity contribution in [1.29, 1.82) is 0 Å². The number of aromatic nitrogens is 4. The molecule has 1 aromatic carbocycles. The van der Waals surface area contributed by atoms with Crippen molar-refractivity contribution in [2.45, 2.75) is 39.2 Å². The summed E-state index contributed by atoms with van der Waals surface area (Å²) in [6, 6.07) is 5.25. The molecule has 2 aliphatic rings. The summed E-state index contributed by atoms with van der Waals surface area (Å²) in [6.07, 6.45) is 9.78. The molecule has 1 unspecified atom stereocenters. The van der Waals surface area contributed by atoms with Crippen LogP contribution in [0, 0.1) is 19.7 Å². The van der Waals surface area contributed by atoms with Crippen molar-refractivity contribution in [1.82, 2.24) is 24.4 Å². The largest absolute Gasteiger partial charge is 0.478 e. The minimum atomic E-state index is -0.208. The minimum absolute atomic E-state index is 0.0803. The molecule has 3 aromatic rings. The first-order valence-corrected chi connectivity index (χ1v) is 11.4. The number of nitrogens with zero attached hydrogens (tertiary/aromatic N) is 6. The van der Waals surface area contributed by atoms with Gasteiger partial charge in [-0.15, -0.1) is 0 Å². The molecule has 0 spiro atoms. The number of ether oxygens (including phenoxy) is 1. The van der Waals surface area contributed by atoms with Crippen LogP contribution in [0.1, 0.15) is 35.4 Å². The molecule has 0 aliphatic carbocycles. The van der Waals surface area contributed by atoms with E-state index in [-0.39, 0.29) is 11.9 Å². The van der Waals surface area contributed by atoms with Crippen LogP contribution in [0.2, 0.25) is 0 Å². The zero-order valence-electron chi connectivity index (χ0n) is 19.5. The molecule has 34 heavy (non-hydrogen) atoms. The van der Waals surface area contributed by atoms with Gasteiger partial charge in [-0.2, -0.15) is 0 Å². The van der Waals surface area contributed by atoms with Gasteiger partial charge in [0.2, 0.25) is 5.82 Å². The van der Waals surface area contributed by atoms with E-state index < -0.39 is 0 Å². The Bertz CT molecular complexity index is 1250. The van der Waals surface area contributed by atoms with Crippen LogP contribution in [-0.2, 0) is 11.3 Å². The van der Waals surface area contributed by atoms with Crippen LogP contribution in [0.3, 0.4) is 0 Å². The van der Waals surface area contributed by atoms with Crippen LogP contribution < -0.4 is 4.74 Å². The summed E-state index contributed by atoms with van der Waals surface area (Å²) in [4.78, 5) is 21.4. The number of oxime groups is 1. The third-order valence-corrected chi connectivity index (χ3v) is 6.08. The molecule has 2 aliphatic heterocycles. The van der Waals surface area contributed by atoms with Gasteiger partial charge in [-0.1, -0.05) is 11.2 Å². The molecule has 2 aromatic heterocycles. The SMILES string of the molecule is COc1nc(C2=CC3=NOCC(Cc4cc(C)cc(F)c4)N3CCC2)cnc1-n1cnc(C)c1. The van der Waals surface area contributed by atoms with Crippen molar-refractivity contribution in [2.24, 2.45) is 5.16 Å². The third-order valence-electron chi connectivity index (χ3n) is 6.08. The zero-order chi connectivity index (χ0) is 23.7. The van der Waals surface area contributed by atoms with E-state index >= 15 is 0 Å². The van der Waals surface area contributed by atoms with E-state index in [2.05, 4.69) is 20.0 Å². The summed E-state index contributed by atoms with van der Waals surface area (Å²) >= 11 is 0. The molecular weight excluding hydrogens is 435 g/mol. The third kappa shape index (κ3) is 4.50. The van der Waals surface area contributed by atoms with Crippen molar-refractivity contribution >= 4 is 11.4 Å². The number of hydrogen-bond donors (Lipinski definition) is 0. The number of rotatable bonds is 5. The molecule has 5 rings (SSSR count). The maximum Gasteiger partial charge on any atom is 0.258 e. The fraction of sp³-hybridized carbons (Fsp3) is 0.360. The highest BCUT2D eigenvalue weighted by Crippen LogP contribution is 2.28. The van der Waals surface area contributed by atoms with E-state index in [0.717, 1.165) is 53.3 Å². The zero-order valence-corrected chi connectivity index (χ0v) is 19.5. The Morgan fingerprint density at radius 1 is 1.21 bits per heavy atom. The second kappa shape index (κ2) is 9.24. The molecule has 9 heteroatoms. The van der Waals surface area contributed by atoms with Crippen LogP contribution in [0.5, 0.6) is 5.88 Å². The topological polar surface area (TPSA) is 77.7 Å². The quantitative estimate of drug-likeness (QED) is 0.573. The number of methoxy groups -OCH3 is 1. The number of halogens is 1. The van der Waals surface area contributed by atoms with Gasteiger partial charge in [-0.05, 0) is 68.0 Å². The molecule has 4 heterocycles. The fourth-order valence-corrected chi connectivity index (χ4v) is 4.54. The molecular formula is C25H27FN6O2. The standard InChI is InChI=1S/C25H27FN6O2/c1-16-7-18(9-20(26)8-16)10-21-14-34-30-23-11-19(5-4-6-32(21)23)22-12-27-24(25(29-22)33-3)31-13-17(2)28-15-31/h7-9,11-13,15,21H,4-6,10,14H2,1-3H3. The molecule has 8 nitrogen and oxygen atoms in total. The number of allylic oxidation sites excluding steroid dienone is 1. The van der Waals surface area contributed by atoms with Gasteiger partial charge < -0.3 is 14.5 Å². The Labute approximate surface area is 197 Å². The van der Waals surface area contributed by atoms with E-state index in [4.69, 9.17) is 14.6 Å². The average Bonchev–Trinajstić information content (AvgIpc) is 3.12. The maximum atomic E-state index is 13.9. The van der Waals surface area contributed by atoms with Gasteiger partial charge in [0.05, 0.1) is 30.7 Å². The number of hydrogen-bond acceptors (Lipinski definition) is 7.